The van der Waals surface area contributed by atoms with Crippen LogP contribution in [-0.2, 0) is 0 Å². The van der Waals surface area contributed by atoms with E-state index >= 15 is 0 Å². The number of aryl methyl sites for hydroxylation is 1. The molecular formula is C17H22N4. The van der Waals surface area contributed by atoms with Crippen LogP contribution in [0.3, 0.4) is 0 Å². The van der Waals surface area contributed by atoms with Gasteiger partial charge in [0.15, 0.2) is 0 Å². The Hall–Kier alpha value is -1.94. The summed E-state index contributed by atoms with van der Waals surface area (Å²) in [5.41, 5.74) is 9.19. The Morgan fingerprint density at radius 2 is 2.05 bits per heavy atom. The van der Waals surface area contributed by atoms with Crippen molar-refractivity contribution < 1.29 is 0 Å². The van der Waals surface area contributed by atoms with Gasteiger partial charge in [-0.25, -0.2) is 9.97 Å². The normalized spacial score (nSPS) is 18.8. The number of nitrogens with zero attached hydrogens (tertiary/aromatic N) is 3. The zero-order chi connectivity index (χ0) is 14.7. The molecule has 0 radical (unpaired) electrons. The minimum Gasteiger partial charge on any atom is -0.340 e. The molecule has 1 saturated heterocycles. The average Bonchev–Trinajstić information content (AvgIpc) is 2.56. The summed E-state index contributed by atoms with van der Waals surface area (Å²) in [6.45, 7) is 4.83. The highest BCUT2D eigenvalue weighted by Gasteiger charge is 2.20. The van der Waals surface area contributed by atoms with Gasteiger partial charge in [0.1, 0.15) is 0 Å². The van der Waals surface area contributed by atoms with Gasteiger partial charge >= 0.3 is 0 Å². The fourth-order valence-electron chi connectivity index (χ4n) is 2.82. The Bertz CT molecular complexity index is 594. The summed E-state index contributed by atoms with van der Waals surface area (Å²) in [6.07, 6.45) is 4.23. The van der Waals surface area contributed by atoms with Crippen LogP contribution < -0.4 is 10.6 Å². The Kier molecular flexibility index (Phi) is 4.15. The van der Waals surface area contributed by atoms with E-state index in [2.05, 4.69) is 41.1 Å². The Labute approximate surface area is 126 Å². The molecule has 0 amide bonds. The Morgan fingerprint density at radius 3 is 2.81 bits per heavy atom. The van der Waals surface area contributed by atoms with E-state index in [0.29, 0.717) is 5.92 Å². The number of anilines is 1. The van der Waals surface area contributed by atoms with E-state index in [-0.39, 0.29) is 0 Å². The average molecular weight is 282 g/mol. The molecule has 1 unspecified atom stereocenters. The topological polar surface area (TPSA) is 55.0 Å². The summed E-state index contributed by atoms with van der Waals surface area (Å²) in [7, 11) is 0. The summed E-state index contributed by atoms with van der Waals surface area (Å²) >= 11 is 0. The zero-order valence-corrected chi connectivity index (χ0v) is 12.5. The van der Waals surface area contributed by atoms with Crippen molar-refractivity contribution in [3.8, 4) is 11.3 Å². The molecule has 0 aliphatic carbocycles. The van der Waals surface area contributed by atoms with Crippen LogP contribution in [0.4, 0.5) is 5.95 Å². The molecule has 0 spiro atoms. The largest absolute Gasteiger partial charge is 0.340 e. The third-order valence-corrected chi connectivity index (χ3v) is 4.13. The predicted molar refractivity (Wildman–Crippen MR) is 86.2 cm³/mol. The first-order valence-corrected chi connectivity index (χ1v) is 7.61. The highest BCUT2D eigenvalue weighted by Crippen LogP contribution is 2.23. The molecule has 1 atom stereocenters. The third kappa shape index (κ3) is 3.22. The summed E-state index contributed by atoms with van der Waals surface area (Å²) < 4.78 is 0. The molecule has 2 aromatic rings. The minimum absolute atomic E-state index is 0.561. The van der Waals surface area contributed by atoms with Gasteiger partial charge in [0.25, 0.3) is 0 Å². The quantitative estimate of drug-likeness (QED) is 0.940. The fourth-order valence-corrected chi connectivity index (χ4v) is 2.82. The summed E-state index contributed by atoms with van der Waals surface area (Å²) in [5.74, 6) is 1.39. The third-order valence-electron chi connectivity index (χ3n) is 4.13. The van der Waals surface area contributed by atoms with Gasteiger partial charge in [-0.3, -0.25) is 0 Å². The molecule has 21 heavy (non-hydrogen) atoms. The van der Waals surface area contributed by atoms with Crippen molar-refractivity contribution in [3.63, 3.8) is 0 Å². The van der Waals surface area contributed by atoms with Crippen molar-refractivity contribution in [2.45, 2.75) is 19.8 Å². The van der Waals surface area contributed by atoms with Crippen LogP contribution in [0.2, 0.25) is 0 Å². The van der Waals surface area contributed by atoms with Crippen LogP contribution in [0, 0.1) is 12.8 Å². The molecular weight excluding hydrogens is 260 g/mol. The Morgan fingerprint density at radius 1 is 1.24 bits per heavy atom. The number of benzene rings is 1. The number of rotatable bonds is 3. The standard InChI is InChI=1S/C17H22N4/c1-13-4-6-15(7-5-13)16-8-9-19-17(20-16)21-10-2-3-14(11-18)12-21/h4-9,14H,2-3,10-12,18H2,1H3. The number of nitrogens with two attached hydrogens (primary N) is 1. The number of piperidine rings is 1. The van der Waals surface area contributed by atoms with Crippen molar-refractivity contribution in [2.75, 3.05) is 24.5 Å². The molecule has 4 heteroatoms. The predicted octanol–water partition coefficient (Wildman–Crippen LogP) is 2.63. The SMILES string of the molecule is Cc1ccc(-c2ccnc(N3CCCC(CN)C3)n2)cc1. The van der Waals surface area contributed by atoms with Gasteiger partial charge in [0, 0.05) is 24.8 Å². The van der Waals surface area contributed by atoms with Gasteiger partial charge in [-0.1, -0.05) is 29.8 Å². The van der Waals surface area contributed by atoms with Gasteiger partial charge in [0.2, 0.25) is 5.95 Å². The lowest BCUT2D eigenvalue weighted by molar-refractivity contribution is 0.419. The highest BCUT2D eigenvalue weighted by molar-refractivity contribution is 5.60. The van der Waals surface area contributed by atoms with Crippen LogP contribution in [0.15, 0.2) is 36.5 Å². The number of aromatic nitrogens is 2. The van der Waals surface area contributed by atoms with Crippen LogP contribution in [0.1, 0.15) is 18.4 Å². The van der Waals surface area contributed by atoms with Crippen LogP contribution in [0.25, 0.3) is 11.3 Å². The van der Waals surface area contributed by atoms with E-state index in [0.717, 1.165) is 36.8 Å². The summed E-state index contributed by atoms with van der Waals surface area (Å²) in [4.78, 5) is 11.5. The highest BCUT2D eigenvalue weighted by atomic mass is 15.3. The monoisotopic (exact) mass is 282 g/mol. The fraction of sp³-hybridized carbons (Fsp3) is 0.412. The first-order chi connectivity index (χ1) is 10.3. The minimum atomic E-state index is 0.561. The van der Waals surface area contributed by atoms with Crippen molar-refractivity contribution >= 4 is 5.95 Å². The molecule has 1 aromatic heterocycles. The second-order valence-electron chi connectivity index (χ2n) is 5.80. The molecule has 2 heterocycles. The first kappa shape index (κ1) is 14.0. The number of hydrogen-bond acceptors (Lipinski definition) is 4. The van der Waals surface area contributed by atoms with Crippen molar-refractivity contribution in [1.29, 1.82) is 0 Å². The molecule has 1 aliphatic rings. The van der Waals surface area contributed by atoms with Crippen molar-refractivity contribution in [2.24, 2.45) is 11.7 Å². The van der Waals surface area contributed by atoms with Gasteiger partial charge < -0.3 is 10.6 Å². The maximum absolute atomic E-state index is 5.81. The van der Waals surface area contributed by atoms with Gasteiger partial charge in [-0.15, -0.1) is 0 Å². The maximum atomic E-state index is 5.81. The molecule has 4 nitrogen and oxygen atoms in total. The lowest BCUT2D eigenvalue weighted by atomic mass is 9.99. The van der Waals surface area contributed by atoms with Crippen LogP contribution in [0.5, 0.6) is 0 Å². The summed E-state index contributed by atoms with van der Waals surface area (Å²) in [5, 5.41) is 0. The molecule has 1 fully saturated rings. The molecule has 3 rings (SSSR count). The second kappa shape index (κ2) is 6.22. The van der Waals surface area contributed by atoms with Gasteiger partial charge in [0.05, 0.1) is 5.69 Å². The lowest BCUT2D eigenvalue weighted by Gasteiger charge is -2.32. The van der Waals surface area contributed by atoms with Crippen molar-refractivity contribution in [1.82, 2.24) is 9.97 Å². The van der Waals surface area contributed by atoms with Gasteiger partial charge in [-0.2, -0.15) is 0 Å². The van der Waals surface area contributed by atoms with Crippen molar-refractivity contribution in [3.05, 3.63) is 42.1 Å². The van der Waals surface area contributed by atoms with E-state index in [1.54, 1.807) is 0 Å². The zero-order valence-electron chi connectivity index (χ0n) is 12.5. The molecule has 0 bridgehead atoms. The van der Waals surface area contributed by atoms with E-state index in [4.69, 9.17) is 10.7 Å². The molecule has 1 aliphatic heterocycles. The van der Waals surface area contributed by atoms with E-state index < -0.39 is 0 Å². The first-order valence-electron chi connectivity index (χ1n) is 7.61. The van der Waals surface area contributed by atoms with Gasteiger partial charge in [-0.05, 0) is 38.3 Å². The molecule has 0 saturated carbocycles. The maximum Gasteiger partial charge on any atom is 0.225 e. The van der Waals surface area contributed by atoms with Crippen LogP contribution >= 0.6 is 0 Å². The lowest BCUT2D eigenvalue weighted by Crippen LogP contribution is -2.39. The number of hydrogen-bond donors (Lipinski definition) is 1. The van der Waals surface area contributed by atoms with E-state index in [9.17, 15) is 0 Å². The van der Waals surface area contributed by atoms with E-state index in [1.165, 1.54) is 18.4 Å². The molecule has 2 N–H and O–H groups in total. The summed E-state index contributed by atoms with van der Waals surface area (Å²) in [6, 6.07) is 10.4. The molecule has 1 aromatic carbocycles. The van der Waals surface area contributed by atoms with E-state index in [1.807, 2.05) is 12.3 Å². The molecule has 110 valence electrons. The second-order valence-corrected chi connectivity index (χ2v) is 5.80. The smallest absolute Gasteiger partial charge is 0.225 e. The Balaban J connectivity index is 1.84. The van der Waals surface area contributed by atoms with Crippen LogP contribution in [-0.4, -0.2) is 29.6 Å².